The molecule has 4 N–H and O–H groups in total. The van der Waals surface area contributed by atoms with Crippen molar-refractivity contribution in [2.75, 3.05) is 25.4 Å². The van der Waals surface area contributed by atoms with E-state index in [9.17, 15) is 24.3 Å². The maximum absolute atomic E-state index is 13.0. The third-order valence-electron chi connectivity index (χ3n) is 5.41. The third-order valence-corrected chi connectivity index (χ3v) is 6.08. The molecule has 2 amide bonds. The largest absolute Gasteiger partial charge is 0.478 e. The summed E-state index contributed by atoms with van der Waals surface area (Å²) >= 11 is 1.09. The molecular weight excluding hydrogens is 442 g/mol. The zero-order valence-electron chi connectivity index (χ0n) is 17.5. The van der Waals surface area contributed by atoms with Crippen LogP contribution >= 0.6 is 11.3 Å². The number of nitrogen functional groups attached to an aromatic ring is 1. The van der Waals surface area contributed by atoms with Gasteiger partial charge in [-0.1, -0.05) is 12.1 Å². The second-order valence-corrected chi connectivity index (χ2v) is 8.47. The lowest BCUT2D eigenvalue weighted by atomic mass is 9.95. The molecule has 0 aromatic carbocycles. The van der Waals surface area contributed by atoms with Crippen LogP contribution in [0.5, 0.6) is 0 Å². The van der Waals surface area contributed by atoms with Crippen molar-refractivity contribution in [3.63, 3.8) is 0 Å². The number of thiazole rings is 1. The fraction of sp³-hybridized carbons (Fsp3) is 0.579. The van der Waals surface area contributed by atoms with Gasteiger partial charge in [0, 0.05) is 36.7 Å². The number of cyclic esters (lactones) is 1. The van der Waals surface area contributed by atoms with Crippen molar-refractivity contribution >= 4 is 46.4 Å². The average molecular weight is 468 g/mol. The van der Waals surface area contributed by atoms with Crippen molar-refractivity contribution in [3.8, 4) is 0 Å². The van der Waals surface area contributed by atoms with Crippen LogP contribution in [0.3, 0.4) is 0 Å². The molecule has 1 saturated carbocycles. The minimum atomic E-state index is -1.44. The molecule has 1 aromatic rings. The van der Waals surface area contributed by atoms with E-state index in [1.165, 1.54) is 10.3 Å². The Morgan fingerprint density at radius 1 is 1.53 bits per heavy atom. The number of aldehydes is 1. The molecule has 2 aliphatic rings. The second kappa shape index (κ2) is 9.94. The first kappa shape index (κ1) is 23.4. The second-order valence-electron chi connectivity index (χ2n) is 7.58. The molecule has 12 nitrogen and oxygen atoms in total. The molecule has 2 atom stereocenters. The molecule has 1 aliphatic carbocycles. The van der Waals surface area contributed by atoms with Crippen LogP contribution in [0.4, 0.5) is 9.93 Å². The Balaban J connectivity index is 1.71. The predicted octanol–water partition coefficient (Wildman–Crippen LogP) is 0.615. The van der Waals surface area contributed by atoms with E-state index in [2.05, 4.69) is 15.5 Å². The van der Waals surface area contributed by atoms with Gasteiger partial charge in [-0.15, -0.1) is 11.3 Å². The average Bonchev–Trinajstić information content (AvgIpc) is 3.28. The smallest absolute Gasteiger partial charge is 0.409 e. The number of carbonyl (C=O) groups is 4. The molecule has 2 fully saturated rings. The van der Waals surface area contributed by atoms with Gasteiger partial charge in [-0.2, -0.15) is 0 Å². The Bertz CT molecular complexity index is 914. The number of aromatic nitrogens is 1. The van der Waals surface area contributed by atoms with Gasteiger partial charge in [0.25, 0.3) is 5.91 Å². The number of oxime groups is 1. The first-order chi connectivity index (χ1) is 15.3. The van der Waals surface area contributed by atoms with Crippen LogP contribution < -0.4 is 11.1 Å². The highest BCUT2D eigenvalue weighted by Gasteiger charge is 2.54. The standard InChI is InChI=1S/C19H25N5O7S/c1-2-12(11(9-25)3-6-24-7-8-30-18(24)29)21-15(26)14(13-10-32-17(20)22-13)23-31-19(4-5-19)16(27)28/h9-12H,2-8H2,1H3,(H2,20,22)(H,21,26)(H,27,28)/b23-14-/t11-,12?/m0/s1. The Kier molecular flexibility index (Phi) is 7.28. The number of nitrogens with one attached hydrogen (secondary N) is 1. The molecule has 1 saturated heterocycles. The molecule has 174 valence electrons. The highest BCUT2D eigenvalue weighted by Crippen LogP contribution is 2.40. The van der Waals surface area contributed by atoms with E-state index in [0.717, 1.165) is 17.6 Å². The number of ether oxygens (including phenoxy) is 1. The Hall–Kier alpha value is -3.22. The Morgan fingerprint density at radius 2 is 2.28 bits per heavy atom. The number of hydrogen-bond donors (Lipinski definition) is 3. The summed E-state index contributed by atoms with van der Waals surface area (Å²) in [6.07, 6.45) is 1.66. The molecule has 0 bridgehead atoms. The SMILES string of the molecule is CCC(NC(=O)/C(=N\OC1(C(=O)O)CC1)c1csc(N)n1)[C@H](C=O)CCN1CCOC1=O. The normalized spacial score (nSPS) is 19.1. The first-order valence-corrected chi connectivity index (χ1v) is 11.1. The first-order valence-electron chi connectivity index (χ1n) is 10.2. The van der Waals surface area contributed by atoms with Gasteiger partial charge in [-0.25, -0.2) is 14.6 Å². The summed E-state index contributed by atoms with van der Waals surface area (Å²) in [5.74, 6) is -2.39. The summed E-state index contributed by atoms with van der Waals surface area (Å²) in [4.78, 5) is 58.5. The van der Waals surface area contributed by atoms with E-state index in [4.69, 9.17) is 15.3 Å². The number of hydrogen-bond acceptors (Lipinski definition) is 10. The molecule has 1 unspecified atom stereocenters. The van der Waals surface area contributed by atoms with Crippen LogP contribution in [-0.4, -0.2) is 76.3 Å². The van der Waals surface area contributed by atoms with Crippen molar-refractivity contribution in [3.05, 3.63) is 11.1 Å². The summed E-state index contributed by atoms with van der Waals surface area (Å²) in [7, 11) is 0. The molecule has 13 heteroatoms. The van der Waals surface area contributed by atoms with E-state index in [1.807, 2.05) is 6.92 Å². The van der Waals surface area contributed by atoms with Crippen molar-refractivity contribution in [2.45, 2.75) is 44.2 Å². The quantitative estimate of drug-likeness (QED) is 0.226. The number of carboxylic acids is 1. The van der Waals surface area contributed by atoms with Crippen LogP contribution in [0, 0.1) is 5.92 Å². The number of aliphatic carboxylic acids is 1. The molecule has 0 radical (unpaired) electrons. The topological polar surface area (TPSA) is 174 Å². The minimum Gasteiger partial charge on any atom is -0.478 e. The number of carbonyl (C=O) groups excluding carboxylic acids is 3. The molecule has 1 aliphatic heterocycles. The minimum absolute atomic E-state index is 0.142. The van der Waals surface area contributed by atoms with Crippen molar-refractivity contribution < 1.29 is 33.9 Å². The fourth-order valence-electron chi connectivity index (χ4n) is 3.24. The Morgan fingerprint density at radius 3 is 2.78 bits per heavy atom. The van der Waals surface area contributed by atoms with E-state index in [1.54, 1.807) is 0 Å². The number of amides is 2. The van der Waals surface area contributed by atoms with E-state index in [0.29, 0.717) is 32.5 Å². The van der Waals surface area contributed by atoms with Crippen molar-refractivity contribution in [1.29, 1.82) is 0 Å². The highest BCUT2D eigenvalue weighted by molar-refractivity contribution is 7.13. The van der Waals surface area contributed by atoms with Gasteiger partial charge in [-0.3, -0.25) is 4.79 Å². The van der Waals surface area contributed by atoms with Crippen LogP contribution in [0.25, 0.3) is 0 Å². The lowest BCUT2D eigenvalue weighted by Crippen LogP contribution is -2.45. The van der Waals surface area contributed by atoms with Crippen LogP contribution in [0.1, 0.15) is 38.3 Å². The van der Waals surface area contributed by atoms with Gasteiger partial charge in [0.2, 0.25) is 5.60 Å². The van der Waals surface area contributed by atoms with Crippen molar-refractivity contribution in [2.24, 2.45) is 11.1 Å². The van der Waals surface area contributed by atoms with Crippen LogP contribution in [0.2, 0.25) is 0 Å². The molecule has 3 rings (SSSR count). The van der Waals surface area contributed by atoms with Gasteiger partial charge in [0.15, 0.2) is 10.8 Å². The lowest BCUT2D eigenvalue weighted by Gasteiger charge is -2.24. The number of carboxylic acid groups (broad SMARTS) is 1. The molecule has 2 heterocycles. The van der Waals surface area contributed by atoms with E-state index >= 15 is 0 Å². The van der Waals surface area contributed by atoms with Gasteiger partial charge < -0.3 is 35.4 Å². The van der Waals surface area contributed by atoms with Crippen LogP contribution in [-0.2, 0) is 24.0 Å². The van der Waals surface area contributed by atoms with Crippen LogP contribution in [0.15, 0.2) is 10.5 Å². The molecule has 0 spiro atoms. The molecule has 32 heavy (non-hydrogen) atoms. The monoisotopic (exact) mass is 467 g/mol. The zero-order chi connectivity index (χ0) is 23.3. The third kappa shape index (κ3) is 5.33. The Labute approximate surface area is 187 Å². The zero-order valence-corrected chi connectivity index (χ0v) is 18.3. The highest BCUT2D eigenvalue weighted by atomic mass is 32.1. The summed E-state index contributed by atoms with van der Waals surface area (Å²) in [5, 5.41) is 17.6. The van der Waals surface area contributed by atoms with Gasteiger partial charge in [0.1, 0.15) is 18.6 Å². The van der Waals surface area contributed by atoms with Crippen molar-refractivity contribution in [1.82, 2.24) is 15.2 Å². The number of anilines is 1. The van der Waals surface area contributed by atoms with Gasteiger partial charge in [-0.05, 0) is 12.8 Å². The molecular formula is C19H25N5O7S. The lowest BCUT2D eigenvalue weighted by molar-refractivity contribution is -0.153. The molecule has 1 aromatic heterocycles. The van der Waals surface area contributed by atoms with E-state index in [-0.39, 0.29) is 29.4 Å². The predicted molar refractivity (Wildman–Crippen MR) is 113 cm³/mol. The number of nitrogens with two attached hydrogens (primary N) is 1. The number of rotatable bonds is 12. The van der Waals surface area contributed by atoms with Gasteiger partial charge >= 0.3 is 12.1 Å². The fourth-order valence-corrected chi connectivity index (χ4v) is 3.79. The van der Waals surface area contributed by atoms with E-state index < -0.39 is 35.5 Å². The maximum atomic E-state index is 13.0. The summed E-state index contributed by atoms with van der Waals surface area (Å²) in [6, 6.07) is -0.547. The van der Waals surface area contributed by atoms with Gasteiger partial charge in [0.05, 0.1) is 6.54 Å². The maximum Gasteiger partial charge on any atom is 0.409 e. The number of nitrogens with zero attached hydrogens (tertiary/aromatic N) is 3. The summed E-state index contributed by atoms with van der Waals surface area (Å²) in [6.45, 7) is 2.90. The summed E-state index contributed by atoms with van der Waals surface area (Å²) in [5.41, 5.74) is 4.14. The summed E-state index contributed by atoms with van der Waals surface area (Å²) < 4.78 is 4.88.